The lowest BCUT2D eigenvalue weighted by Gasteiger charge is -2.23. The topological polar surface area (TPSA) is 104 Å². The molecule has 0 spiro atoms. The first kappa shape index (κ1) is 29.4. The number of furan rings is 1. The zero-order chi connectivity index (χ0) is 28.0. The van der Waals surface area contributed by atoms with Crippen molar-refractivity contribution in [3.63, 3.8) is 0 Å². The summed E-state index contributed by atoms with van der Waals surface area (Å²) in [6.07, 6.45) is 4.02. The van der Waals surface area contributed by atoms with Gasteiger partial charge < -0.3 is 20.0 Å². The Balaban J connectivity index is 1.53. The van der Waals surface area contributed by atoms with E-state index in [9.17, 15) is 14.4 Å². The second kappa shape index (κ2) is 15.3. The quantitative estimate of drug-likeness (QED) is 0.120. The molecule has 0 radical (unpaired) electrons. The highest BCUT2D eigenvalue weighted by atomic mass is 16.7. The number of unbranched alkanes of at least 4 members (excludes halogenated alkanes) is 2. The van der Waals surface area contributed by atoms with Crippen molar-refractivity contribution in [1.29, 1.82) is 0 Å². The fourth-order valence-corrected chi connectivity index (χ4v) is 4.02. The maximum absolute atomic E-state index is 13.0. The van der Waals surface area contributed by atoms with Crippen molar-refractivity contribution in [1.82, 2.24) is 15.7 Å². The Kier molecular flexibility index (Phi) is 11.6. The molecule has 3 amide bonds. The number of carbonyl (C=O) groups excluding carboxylic acids is 3. The maximum atomic E-state index is 13.0. The van der Waals surface area contributed by atoms with Crippen LogP contribution in [0.1, 0.15) is 48.7 Å². The lowest BCUT2D eigenvalue weighted by molar-refractivity contribution is -0.182. The molecule has 9 nitrogen and oxygen atoms in total. The molecule has 208 valence electrons. The van der Waals surface area contributed by atoms with Gasteiger partial charge in [0.15, 0.2) is 5.76 Å². The first-order valence-corrected chi connectivity index (χ1v) is 13.2. The summed E-state index contributed by atoms with van der Waals surface area (Å²) in [5.74, 6) is -0.451. The molecule has 9 heteroatoms. The van der Waals surface area contributed by atoms with E-state index in [1.165, 1.54) is 0 Å². The molecule has 0 unspecified atom stereocenters. The van der Waals surface area contributed by atoms with Gasteiger partial charge in [-0.15, -0.1) is 0 Å². The number of anilines is 1. The van der Waals surface area contributed by atoms with Gasteiger partial charge in [0.05, 0.1) is 19.1 Å². The summed E-state index contributed by atoms with van der Waals surface area (Å²) in [6, 6.07) is 20.7. The van der Waals surface area contributed by atoms with E-state index in [1.807, 2.05) is 73.6 Å². The van der Waals surface area contributed by atoms with Gasteiger partial charge in [-0.25, -0.2) is 5.06 Å². The molecule has 39 heavy (non-hydrogen) atoms. The lowest BCUT2D eigenvalue weighted by atomic mass is 10.0. The zero-order valence-corrected chi connectivity index (χ0v) is 22.9. The number of nitrogens with zero attached hydrogens (tertiary/aromatic N) is 2. The SMILES string of the molecule is CCCCC[C@H](CN(C=O)OCc1ccccc1)C(=O)NCNC(=O)c1ccc(-c2cccc(N(C)C)c2)o1. The van der Waals surface area contributed by atoms with E-state index in [1.54, 1.807) is 12.1 Å². The third-order valence-corrected chi connectivity index (χ3v) is 6.27. The second-order valence-corrected chi connectivity index (χ2v) is 9.49. The molecule has 1 heterocycles. The summed E-state index contributed by atoms with van der Waals surface area (Å²) >= 11 is 0. The Morgan fingerprint density at radius 2 is 1.79 bits per heavy atom. The van der Waals surface area contributed by atoms with Crippen LogP contribution in [0.25, 0.3) is 11.3 Å². The van der Waals surface area contributed by atoms with Crippen LogP contribution in [-0.4, -0.2) is 50.6 Å². The lowest BCUT2D eigenvalue weighted by Crippen LogP contribution is -2.43. The smallest absolute Gasteiger partial charge is 0.288 e. The minimum Gasteiger partial charge on any atom is -0.451 e. The highest BCUT2D eigenvalue weighted by Gasteiger charge is 2.22. The molecule has 0 aliphatic carbocycles. The van der Waals surface area contributed by atoms with Crippen molar-refractivity contribution in [2.75, 3.05) is 32.2 Å². The van der Waals surface area contributed by atoms with E-state index in [2.05, 4.69) is 17.6 Å². The van der Waals surface area contributed by atoms with Crippen LogP contribution in [-0.2, 0) is 21.0 Å². The third kappa shape index (κ3) is 9.30. The number of hydrogen-bond donors (Lipinski definition) is 2. The van der Waals surface area contributed by atoms with Crippen LogP contribution in [0, 0.1) is 5.92 Å². The minimum absolute atomic E-state index is 0.0694. The third-order valence-electron chi connectivity index (χ3n) is 6.27. The molecule has 0 aliphatic rings. The van der Waals surface area contributed by atoms with E-state index in [-0.39, 0.29) is 31.5 Å². The van der Waals surface area contributed by atoms with E-state index >= 15 is 0 Å². The molecule has 0 saturated heterocycles. The van der Waals surface area contributed by atoms with Gasteiger partial charge in [-0.2, -0.15) is 0 Å². The van der Waals surface area contributed by atoms with Crippen LogP contribution >= 0.6 is 0 Å². The van der Waals surface area contributed by atoms with Gasteiger partial charge in [-0.05, 0) is 36.2 Å². The molecule has 2 N–H and O–H groups in total. The zero-order valence-electron chi connectivity index (χ0n) is 22.9. The molecule has 0 aliphatic heterocycles. The van der Waals surface area contributed by atoms with Gasteiger partial charge in [-0.1, -0.05) is 68.7 Å². The van der Waals surface area contributed by atoms with E-state index in [0.717, 1.165) is 41.1 Å². The molecule has 0 fully saturated rings. The molecule has 1 aromatic heterocycles. The Labute approximate surface area is 230 Å². The van der Waals surface area contributed by atoms with Crippen LogP contribution < -0.4 is 15.5 Å². The van der Waals surface area contributed by atoms with Gasteiger partial charge in [0.2, 0.25) is 12.3 Å². The van der Waals surface area contributed by atoms with Crippen LogP contribution in [0.3, 0.4) is 0 Å². The normalized spacial score (nSPS) is 11.5. The Hall–Kier alpha value is -4.11. The molecule has 1 atom stereocenters. The van der Waals surface area contributed by atoms with Gasteiger partial charge in [0.25, 0.3) is 5.91 Å². The summed E-state index contributed by atoms with van der Waals surface area (Å²) in [5, 5.41) is 6.59. The van der Waals surface area contributed by atoms with E-state index in [0.29, 0.717) is 18.6 Å². The minimum atomic E-state index is -0.478. The van der Waals surface area contributed by atoms with Crippen molar-refractivity contribution in [2.45, 2.75) is 39.2 Å². The highest BCUT2D eigenvalue weighted by Crippen LogP contribution is 2.25. The van der Waals surface area contributed by atoms with Crippen molar-refractivity contribution >= 4 is 23.9 Å². The number of rotatable bonds is 16. The van der Waals surface area contributed by atoms with Crippen LogP contribution in [0.5, 0.6) is 0 Å². The number of amides is 3. The molecular formula is C30H38N4O5. The van der Waals surface area contributed by atoms with Crippen molar-refractivity contribution in [3.8, 4) is 11.3 Å². The van der Waals surface area contributed by atoms with Crippen molar-refractivity contribution in [3.05, 3.63) is 78.1 Å². The molecular weight excluding hydrogens is 496 g/mol. The monoisotopic (exact) mass is 534 g/mol. The number of hydrogen-bond acceptors (Lipinski definition) is 6. The average Bonchev–Trinajstić information content (AvgIpc) is 3.45. The molecule has 3 rings (SSSR count). The average molecular weight is 535 g/mol. The molecule has 0 bridgehead atoms. The van der Waals surface area contributed by atoms with Crippen LogP contribution in [0.2, 0.25) is 0 Å². The molecule has 2 aromatic carbocycles. The summed E-state index contributed by atoms with van der Waals surface area (Å²) in [5.41, 5.74) is 2.80. The summed E-state index contributed by atoms with van der Waals surface area (Å²) in [7, 11) is 3.91. The number of benzene rings is 2. The Morgan fingerprint density at radius 1 is 1.00 bits per heavy atom. The Morgan fingerprint density at radius 3 is 2.51 bits per heavy atom. The van der Waals surface area contributed by atoms with Crippen molar-refractivity contribution < 1.29 is 23.6 Å². The highest BCUT2D eigenvalue weighted by molar-refractivity contribution is 5.92. The van der Waals surface area contributed by atoms with Gasteiger partial charge in [0.1, 0.15) is 12.4 Å². The van der Waals surface area contributed by atoms with E-state index in [4.69, 9.17) is 9.25 Å². The van der Waals surface area contributed by atoms with Crippen LogP contribution in [0.4, 0.5) is 5.69 Å². The first-order chi connectivity index (χ1) is 18.9. The fourth-order valence-electron chi connectivity index (χ4n) is 4.02. The predicted molar refractivity (Wildman–Crippen MR) is 151 cm³/mol. The second-order valence-electron chi connectivity index (χ2n) is 9.49. The standard InChI is InChI=1S/C30H38N4O5/c1-4-5-7-13-25(19-34(22-35)38-20-23-11-8-6-9-12-23)29(36)31-21-32-30(37)28-17-16-27(39-28)24-14-10-15-26(18-24)33(2)3/h6,8-12,14-18,22,25H,4-5,7,13,19-21H2,1-3H3,(H,31,36)(H,32,37)/t25-/m1/s1. The van der Waals surface area contributed by atoms with Gasteiger partial charge in [0, 0.05) is 25.3 Å². The van der Waals surface area contributed by atoms with Crippen molar-refractivity contribution in [2.24, 2.45) is 5.92 Å². The van der Waals surface area contributed by atoms with Gasteiger partial charge >= 0.3 is 0 Å². The summed E-state index contributed by atoms with van der Waals surface area (Å²) in [6.45, 7) is 2.36. The van der Waals surface area contributed by atoms with Gasteiger partial charge in [-0.3, -0.25) is 19.2 Å². The Bertz CT molecular complexity index is 1190. The first-order valence-electron chi connectivity index (χ1n) is 13.2. The number of nitrogens with one attached hydrogen (secondary N) is 2. The summed E-state index contributed by atoms with van der Waals surface area (Å²) < 4.78 is 5.76. The predicted octanol–water partition coefficient (Wildman–Crippen LogP) is 4.60. The number of hydroxylamine groups is 2. The van der Waals surface area contributed by atoms with E-state index < -0.39 is 11.8 Å². The molecule has 0 saturated carbocycles. The fraction of sp³-hybridized carbons (Fsp3) is 0.367. The molecule has 3 aromatic rings. The number of carbonyl (C=O) groups is 3. The van der Waals surface area contributed by atoms with Crippen LogP contribution in [0.15, 0.2) is 71.1 Å². The largest absolute Gasteiger partial charge is 0.451 e. The maximum Gasteiger partial charge on any atom is 0.288 e. The summed E-state index contributed by atoms with van der Waals surface area (Å²) in [4.78, 5) is 44.8.